The molecular weight excluding hydrogens is 367 g/mol. The number of nitrogens with one attached hydrogen (secondary N) is 1. The zero-order chi connectivity index (χ0) is 20.6. The maximum absolute atomic E-state index is 13.7. The van der Waals surface area contributed by atoms with E-state index in [1.165, 1.54) is 6.07 Å². The molecule has 0 aliphatic heterocycles. The Hall–Kier alpha value is -3.47. The highest BCUT2D eigenvalue weighted by Crippen LogP contribution is 2.17. The van der Waals surface area contributed by atoms with Gasteiger partial charge in [-0.1, -0.05) is 42.5 Å². The van der Waals surface area contributed by atoms with Gasteiger partial charge in [-0.15, -0.1) is 0 Å². The van der Waals surface area contributed by atoms with Crippen LogP contribution in [0, 0.1) is 5.82 Å². The van der Waals surface area contributed by atoms with Crippen LogP contribution in [-0.2, 0) is 6.42 Å². The first-order chi connectivity index (χ1) is 14.1. The van der Waals surface area contributed by atoms with E-state index in [-0.39, 0.29) is 17.6 Å². The molecule has 0 saturated heterocycles. The van der Waals surface area contributed by atoms with E-state index in [0.29, 0.717) is 36.2 Å². The van der Waals surface area contributed by atoms with Crippen molar-refractivity contribution >= 4 is 17.5 Å². The zero-order valence-corrected chi connectivity index (χ0v) is 16.3. The molecule has 0 spiro atoms. The summed E-state index contributed by atoms with van der Waals surface area (Å²) in [5, 5.41) is 2.79. The van der Waals surface area contributed by atoms with Crippen molar-refractivity contribution in [3.63, 3.8) is 0 Å². The molecule has 0 atom stereocenters. The third-order valence-corrected chi connectivity index (χ3v) is 4.64. The van der Waals surface area contributed by atoms with Crippen LogP contribution in [0.1, 0.15) is 33.2 Å². The highest BCUT2D eigenvalue weighted by Gasteiger charge is 2.17. The van der Waals surface area contributed by atoms with Crippen LogP contribution in [0.15, 0.2) is 78.9 Å². The molecule has 5 heteroatoms. The van der Waals surface area contributed by atoms with Crippen LogP contribution in [0.2, 0.25) is 0 Å². The average molecular weight is 390 g/mol. The second-order valence-electron chi connectivity index (χ2n) is 6.56. The summed E-state index contributed by atoms with van der Waals surface area (Å²) in [5.74, 6) is -0.742. The number of hydrogen-bond acceptors (Lipinski definition) is 2. The number of rotatable bonds is 7. The minimum atomic E-state index is -0.293. The Morgan fingerprint density at radius 1 is 0.897 bits per heavy atom. The lowest BCUT2D eigenvalue weighted by atomic mass is 10.1. The molecular formula is C24H23FN2O2. The minimum Gasteiger partial charge on any atom is -0.352 e. The van der Waals surface area contributed by atoms with Crippen molar-refractivity contribution in [1.82, 2.24) is 5.32 Å². The number of hydrogen-bond donors (Lipinski definition) is 1. The number of amides is 2. The van der Waals surface area contributed by atoms with Crippen molar-refractivity contribution in [2.45, 2.75) is 13.3 Å². The van der Waals surface area contributed by atoms with Crippen LogP contribution in [0.5, 0.6) is 0 Å². The van der Waals surface area contributed by atoms with Crippen molar-refractivity contribution in [2.75, 3.05) is 18.0 Å². The summed E-state index contributed by atoms with van der Waals surface area (Å²) < 4.78 is 13.7. The minimum absolute atomic E-state index is 0.167. The number of carbonyl (C=O) groups excluding carboxylic acids is 2. The Bertz CT molecular complexity index is 989. The van der Waals surface area contributed by atoms with Crippen molar-refractivity contribution < 1.29 is 14.0 Å². The molecule has 0 aliphatic rings. The second-order valence-corrected chi connectivity index (χ2v) is 6.56. The van der Waals surface area contributed by atoms with E-state index in [1.807, 2.05) is 37.3 Å². The second kappa shape index (κ2) is 9.64. The molecule has 0 saturated carbocycles. The van der Waals surface area contributed by atoms with Crippen LogP contribution >= 0.6 is 0 Å². The van der Waals surface area contributed by atoms with E-state index in [1.54, 1.807) is 47.4 Å². The summed E-state index contributed by atoms with van der Waals surface area (Å²) in [6.07, 6.45) is 0.397. The van der Waals surface area contributed by atoms with Crippen molar-refractivity contribution in [3.05, 3.63) is 101 Å². The van der Waals surface area contributed by atoms with Gasteiger partial charge >= 0.3 is 0 Å². The maximum atomic E-state index is 13.7. The van der Waals surface area contributed by atoms with Gasteiger partial charge in [0.25, 0.3) is 11.8 Å². The molecule has 3 aromatic rings. The van der Waals surface area contributed by atoms with E-state index in [2.05, 4.69) is 5.32 Å². The fourth-order valence-electron chi connectivity index (χ4n) is 3.11. The molecule has 1 N–H and O–H groups in total. The lowest BCUT2D eigenvalue weighted by molar-refractivity contribution is 0.0954. The molecule has 0 fully saturated rings. The molecule has 0 heterocycles. The highest BCUT2D eigenvalue weighted by atomic mass is 19.1. The Labute approximate surface area is 170 Å². The quantitative estimate of drug-likeness (QED) is 0.647. The summed E-state index contributed by atoms with van der Waals surface area (Å²) >= 11 is 0. The first-order valence-electron chi connectivity index (χ1n) is 9.58. The van der Waals surface area contributed by atoms with Crippen molar-refractivity contribution in [1.29, 1.82) is 0 Å². The van der Waals surface area contributed by atoms with E-state index in [9.17, 15) is 14.0 Å². The largest absolute Gasteiger partial charge is 0.352 e. The summed E-state index contributed by atoms with van der Waals surface area (Å²) in [7, 11) is 0. The number of halogens is 1. The van der Waals surface area contributed by atoms with Crippen LogP contribution < -0.4 is 10.2 Å². The first kappa shape index (κ1) is 20.3. The fraction of sp³-hybridized carbons (Fsp3) is 0.167. The number of carbonyl (C=O) groups is 2. The van der Waals surface area contributed by atoms with Gasteiger partial charge in [-0.05, 0) is 55.3 Å². The summed E-state index contributed by atoms with van der Waals surface area (Å²) in [5.41, 5.74) is 2.20. The lowest BCUT2D eigenvalue weighted by Crippen LogP contribution is -2.31. The lowest BCUT2D eigenvalue weighted by Gasteiger charge is -2.21. The van der Waals surface area contributed by atoms with Gasteiger partial charge in [0.05, 0.1) is 0 Å². The Morgan fingerprint density at radius 3 is 2.31 bits per heavy atom. The van der Waals surface area contributed by atoms with E-state index >= 15 is 0 Å². The van der Waals surface area contributed by atoms with E-state index < -0.39 is 0 Å². The number of benzene rings is 3. The molecule has 2 amide bonds. The van der Waals surface area contributed by atoms with E-state index in [0.717, 1.165) is 5.69 Å². The Morgan fingerprint density at radius 2 is 1.59 bits per heavy atom. The number of para-hydroxylation sites is 1. The van der Waals surface area contributed by atoms with Crippen molar-refractivity contribution in [3.8, 4) is 0 Å². The van der Waals surface area contributed by atoms with Crippen LogP contribution in [0.25, 0.3) is 0 Å². The summed E-state index contributed by atoms with van der Waals surface area (Å²) in [6, 6.07) is 22.5. The van der Waals surface area contributed by atoms with E-state index in [4.69, 9.17) is 0 Å². The predicted molar refractivity (Wildman–Crippen MR) is 113 cm³/mol. The first-order valence-corrected chi connectivity index (χ1v) is 9.58. The van der Waals surface area contributed by atoms with Gasteiger partial charge in [0.15, 0.2) is 0 Å². The molecule has 0 bridgehead atoms. The molecule has 0 radical (unpaired) electrons. The van der Waals surface area contributed by atoms with Gasteiger partial charge in [0, 0.05) is 29.9 Å². The van der Waals surface area contributed by atoms with Crippen LogP contribution in [-0.4, -0.2) is 24.9 Å². The molecule has 148 valence electrons. The molecule has 0 aromatic heterocycles. The predicted octanol–water partition coefficient (Wildman–Crippen LogP) is 4.46. The number of nitrogens with zero attached hydrogens (tertiary/aromatic N) is 1. The van der Waals surface area contributed by atoms with Crippen LogP contribution in [0.4, 0.5) is 10.1 Å². The maximum Gasteiger partial charge on any atom is 0.258 e. The average Bonchev–Trinajstić information content (AvgIpc) is 2.76. The van der Waals surface area contributed by atoms with Gasteiger partial charge in [0.1, 0.15) is 5.82 Å². The number of anilines is 1. The third kappa shape index (κ3) is 5.08. The zero-order valence-electron chi connectivity index (χ0n) is 16.3. The molecule has 3 rings (SSSR count). The standard InChI is InChI=1S/C24H23FN2O2/c1-2-27(21-12-4-3-5-13-21)24(29)20-11-8-10-19(17-20)23(28)26-16-15-18-9-6-7-14-22(18)25/h3-14,17H,2,15-16H2,1H3,(H,26,28). The van der Waals surface area contributed by atoms with Crippen LogP contribution in [0.3, 0.4) is 0 Å². The molecule has 0 unspecified atom stereocenters. The summed E-state index contributed by atoms with van der Waals surface area (Å²) in [6.45, 7) is 2.73. The highest BCUT2D eigenvalue weighted by molar-refractivity contribution is 6.07. The van der Waals surface area contributed by atoms with Gasteiger partial charge in [0.2, 0.25) is 0 Å². The summed E-state index contributed by atoms with van der Waals surface area (Å²) in [4.78, 5) is 27.1. The van der Waals surface area contributed by atoms with Gasteiger partial charge in [-0.25, -0.2) is 4.39 Å². The monoisotopic (exact) mass is 390 g/mol. The molecule has 4 nitrogen and oxygen atoms in total. The smallest absolute Gasteiger partial charge is 0.258 e. The topological polar surface area (TPSA) is 49.4 Å². The Kier molecular flexibility index (Phi) is 6.74. The van der Waals surface area contributed by atoms with Gasteiger partial charge in [-0.3, -0.25) is 9.59 Å². The fourth-order valence-corrected chi connectivity index (χ4v) is 3.11. The van der Waals surface area contributed by atoms with Crippen molar-refractivity contribution in [2.24, 2.45) is 0 Å². The third-order valence-electron chi connectivity index (χ3n) is 4.64. The van der Waals surface area contributed by atoms with Gasteiger partial charge in [-0.2, -0.15) is 0 Å². The Balaban J connectivity index is 1.67. The SMILES string of the molecule is CCN(C(=O)c1cccc(C(=O)NCCc2ccccc2F)c1)c1ccccc1. The molecule has 0 aliphatic carbocycles. The normalized spacial score (nSPS) is 10.4. The molecule has 29 heavy (non-hydrogen) atoms. The molecule has 3 aromatic carbocycles. The van der Waals surface area contributed by atoms with Gasteiger partial charge < -0.3 is 10.2 Å².